The summed E-state index contributed by atoms with van der Waals surface area (Å²) in [4.78, 5) is 18.4. The molecule has 2 heterocycles. The maximum atomic E-state index is 10.7. The normalized spacial score (nSPS) is 10.2. The predicted octanol–water partition coefficient (Wildman–Crippen LogP) is 0.873. The van der Waals surface area contributed by atoms with Crippen molar-refractivity contribution in [3.05, 3.63) is 36.5 Å². The van der Waals surface area contributed by atoms with Crippen LogP contribution in [0.3, 0.4) is 0 Å². The molecular weight excluding hydrogens is 234 g/mol. The first-order valence-corrected chi connectivity index (χ1v) is 5.52. The molecule has 7 heteroatoms. The van der Waals surface area contributed by atoms with Gasteiger partial charge in [-0.05, 0) is 12.5 Å². The summed E-state index contributed by atoms with van der Waals surface area (Å²) in [7, 11) is 0. The summed E-state index contributed by atoms with van der Waals surface area (Å²) in [6.45, 7) is 1.48. The molecule has 2 N–H and O–H groups in total. The Morgan fingerprint density at radius 3 is 3.06 bits per heavy atom. The summed E-state index contributed by atoms with van der Waals surface area (Å²) in [5.74, 6) is -0.613. The average Bonchev–Trinajstić information content (AvgIpc) is 2.88. The summed E-state index contributed by atoms with van der Waals surface area (Å²) in [6, 6.07) is 1.87. The van der Waals surface area contributed by atoms with Gasteiger partial charge in [-0.25, -0.2) is 9.78 Å². The van der Waals surface area contributed by atoms with Crippen LogP contribution in [0.5, 0.6) is 0 Å². The predicted molar refractivity (Wildman–Crippen MR) is 64.3 cm³/mol. The van der Waals surface area contributed by atoms with Crippen molar-refractivity contribution in [2.45, 2.75) is 13.0 Å². The number of carbonyl (C=O) groups is 1. The largest absolute Gasteiger partial charge is 0.476 e. The lowest BCUT2D eigenvalue weighted by atomic mass is 10.4. The number of hydrogen-bond donors (Lipinski definition) is 2. The Bertz CT molecular complexity index is 512. The SMILES string of the molecule is O=C(O)c1cncc(NCCCn2cccn2)n1. The van der Waals surface area contributed by atoms with Crippen LogP contribution in [0.25, 0.3) is 0 Å². The molecule has 94 valence electrons. The van der Waals surface area contributed by atoms with Gasteiger partial charge in [0, 0.05) is 25.5 Å². The van der Waals surface area contributed by atoms with E-state index in [0.717, 1.165) is 13.0 Å². The highest BCUT2D eigenvalue weighted by atomic mass is 16.4. The van der Waals surface area contributed by atoms with E-state index < -0.39 is 5.97 Å². The highest BCUT2D eigenvalue weighted by molar-refractivity contribution is 5.85. The number of aromatic nitrogens is 4. The van der Waals surface area contributed by atoms with Crippen molar-refractivity contribution in [1.29, 1.82) is 0 Å². The van der Waals surface area contributed by atoms with Crippen molar-refractivity contribution in [3.63, 3.8) is 0 Å². The maximum Gasteiger partial charge on any atom is 0.356 e. The number of hydrogen-bond acceptors (Lipinski definition) is 5. The van der Waals surface area contributed by atoms with Gasteiger partial charge in [-0.1, -0.05) is 0 Å². The molecule has 0 bridgehead atoms. The van der Waals surface area contributed by atoms with Gasteiger partial charge in [0.25, 0.3) is 0 Å². The molecule has 0 spiro atoms. The Kier molecular flexibility index (Phi) is 3.85. The van der Waals surface area contributed by atoms with Crippen LogP contribution in [-0.4, -0.2) is 37.4 Å². The maximum absolute atomic E-state index is 10.7. The van der Waals surface area contributed by atoms with Gasteiger partial charge < -0.3 is 10.4 Å². The van der Waals surface area contributed by atoms with E-state index in [-0.39, 0.29) is 5.69 Å². The first kappa shape index (κ1) is 12.0. The summed E-state index contributed by atoms with van der Waals surface area (Å²) in [5.41, 5.74) is -0.0629. The Labute approximate surface area is 104 Å². The number of nitrogens with one attached hydrogen (secondary N) is 1. The van der Waals surface area contributed by atoms with Crippen molar-refractivity contribution in [2.75, 3.05) is 11.9 Å². The van der Waals surface area contributed by atoms with Gasteiger partial charge in [0.1, 0.15) is 5.82 Å². The van der Waals surface area contributed by atoms with Gasteiger partial charge in [0.2, 0.25) is 0 Å². The summed E-state index contributed by atoms with van der Waals surface area (Å²) in [5, 5.41) is 15.9. The first-order valence-electron chi connectivity index (χ1n) is 5.52. The Morgan fingerprint density at radius 2 is 2.33 bits per heavy atom. The fourth-order valence-corrected chi connectivity index (χ4v) is 1.44. The quantitative estimate of drug-likeness (QED) is 0.736. The van der Waals surface area contributed by atoms with Crippen molar-refractivity contribution in [1.82, 2.24) is 19.7 Å². The molecule has 0 aliphatic carbocycles. The molecule has 0 aliphatic heterocycles. The zero-order valence-corrected chi connectivity index (χ0v) is 9.65. The summed E-state index contributed by atoms with van der Waals surface area (Å²) in [6.07, 6.45) is 7.21. The lowest BCUT2D eigenvalue weighted by molar-refractivity contribution is 0.0690. The van der Waals surface area contributed by atoms with Gasteiger partial charge in [-0.15, -0.1) is 0 Å². The first-order chi connectivity index (χ1) is 8.75. The third-order valence-corrected chi connectivity index (χ3v) is 2.28. The van der Waals surface area contributed by atoms with E-state index >= 15 is 0 Å². The monoisotopic (exact) mass is 247 g/mol. The summed E-state index contributed by atoms with van der Waals surface area (Å²) < 4.78 is 1.83. The highest BCUT2D eigenvalue weighted by Gasteiger charge is 2.05. The van der Waals surface area contributed by atoms with Crippen molar-refractivity contribution in [3.8, 4) is 0 Å². The Hall–Kier alpha value is -2.44. The fourth-order valence-electron chi connectivity index (χ4n) is 1.44. The standard InChI is InChI=1S/C11H13N5O2/c17-11(18)9-7-12-8-10(15-9)13-3-1-5-16-6-2-4-14-16/h2,4,6-8H,1,3,5H2,(H,13,15)(H,17,18). The molecule has 0 fully saturated rings. The second-order valence-corrected chi connectivity index (χ2v) is 3.64. The summed E-state index contributed by atoms with van der Waals surface area (Å²) >= 11 is 0. The lowest BCUT2D eigenvalue weighted by Crippen LogP contribution is -2.10. The smallest absolute Gasteiger partial charge is 0.356 e. The molecule has 0 saturated heterocycles. The number of aryl methyl sites for hydroxylation is 1. The molecule has 2 rings (SSSR count). The molecule has 0 amide bonds. The highest BCUT2D eigenvalue weighted by Crippen LogP contribution is 2.02. The van der Waals surface area contributed by atoms with Crippen LogP contribution < -0.4 is 5.32 Å². The van der Waals surface area contributed by atoms with Gasteiger partial charge >= 0.3 is 5.97 Å². The molecule has 0 aromatic carbocycles. The molecule has 0 aliphatic rings. The van der Waals surface area contributed by atoms with Crippen LogP contribution >= 0.6 is 0 Å². The minimum atomic E-state index is -1.08. The van der Waals surface area contributed by atoms with Gasteiger partial charge in [-0.3, -0.25) is 9.67 Å². The van der Waals surface area contributed by atoms with Crippen LogP contribution in [0.15, 0.2) is 30.9 Å². The second kappa shape index (κ2) is 5.76. The van der Waals surface area contributed by atoms with Crippen LogP contribution in [0.2, 0.25) is 0 Å². The Morgan fingerprint density at radius 1 is 1.44 bits per heavy atom. The lowest BCUT2D eigenvalue weighted by Gasteiger charge is -2.05. The van der Waals surface area contributed by atoms with E-state index in [0.29, 0.717) is 12.4 Å². The van der Waals surface area contributed by atoms with Crippen LogP contribution in [0.1, 0.15) is 16.9 Å². The number of aromatic carboxylic acids is 1. The molecule has 18 heavy (non-hydrogen) atoms. The van der Waals surface area contributed by atoms with E-state index in [4.69, 9.17) is 5.11 Å². The van der Waals surface area contributed by atoms with Crippen molar-refractivity contribution in [2.24, 2.45) is 0 Å². The van der Waals surface area contributed by atoms with Crippen molar-refractivity contribution < 1.29 is 9.90 Å². The van der Waals surface area contributed by atoms with Crippen LogP contribution in [0.4, 0.5) is 5.82 Å². The minimum Gasteiger partial charge on any atom is -0.476 e. The van der Waals surface area contributed by atoms with Crippen LogP contribution in [-0.2, 0) is 6.54 Å². The number of carboxylic acids is 1. The van der Waals surface area contributed by atoms with E-state index in [1.165, 1.54) is 12.4 Å². The number of rotatable bonds is 6. The fraction of sp³-hybridized carbons (Fsp3) is 0.273. The average molecular weight is 247 g/mol. The molecule has 2 aromatic rings. The van der Waals surface area contributed by atoms with Gasteiger partial charge in [0.15, 0.2) is 5.69 Å². The van der Waals surface area contributed by atoms with E-state index in [1.54, 1.807) is 6.20 Å². The van der Waals surface area contributed by atoms with Gasteiger partial charge in [-0.2, -0.15) is 5.10 Å². The number of carboxylic acid groups (broad SMARTS) is 1. The third-order valence-electron chi connectivity index (χ3n) is 2.28. The third kappa shape index (κ3) is 3.27. The second-order valence-electron chi connectivity index (χ2n) is 3.64. The number of nitrogens with zero attached hydrogens (tertiary/aromatic N) is 4. The van der Waals surface area contributed by atoms with E-state index in [9.17, 15) is 4.79 Å². The number of anilines is 1. The topological polar surface area (TPSA) is 92.9 Å². The van der Waals surface area contributed by atoms with Gasteiger partial charge in [0.05, 0.1) is 12.4 Å². The molecule has 0 radical (unpaired) electrons. The van der Waals surface area contributed by atoms with Crippen LogP contribution in [0, 0.1) is 0 Å². The zero-order valence-electron chi connectivity index (χ0n) is 9.65. The molecule has 2 aromatic heterocycles. The zero-order chi connectivity index (χ0) is 12.8. The Balaban J connectivity index is 1.79. The molecule has 0 saturated carbocycles. The molecular formula is C11H13N5O2. The molecule has 0 unspecified atom stereocenters. The van der Waals surface area contributed by atoms with E-state index in [1.807, 2.05) is 16.9 Å². The van der Waals surface area contributed by atoms with Crippen molar-refractivity contribution >= 4 is 11.8 Å². The minimum absolute atomic E-state index is 0.0629. The molecule has 7 nitrogen and oxygen atoms in total. The molecule has 0 atom stereocenters. The van der Waals surface area contributed by atoms with E-state index in [2.05, 4.69) is 20.4 Å².